The standard InChI is InChI=1S/C21H16N4O5S/c1-29-15-8-5-13(6-9-15)16-11-14(25(27)28)7-10-19(16)30-12-20(26)22-17-3-2-4-18-21(17)24-31-23-18/h2-11H,12H2,1H3,(H,22,26). The molecule has 4 rings (SSSR count). The number of hydrogen-bond donors (Lipinski definition) is 1. The van der Waals surface area contributed by atoms with Crippen LogP contribution in [-0.2, 0) is 4.79 Å². The van der Waals surface area contributed by atoms with Gasteiger partial charge in [-0.05, 0) is 35.9 Å². The molecule has 0 unspecified atom stereocenters. The third-order valence-corrected chi connectivity index (χ3v) is 5.04. The lowest BCUT2D eigenvalue weighted by Gasteiger charge is -2.12. The van der Waals surface area contributed by atoms with Crippen LogP contribution in [0, 0.1) is 10.1 Å². The van der Waals surface area contributed by atoms with Gasteiger partial charge >= 0.3 is 0 Å². The van der Waals surface area contributed by atoms with E-state index in [1.165, 1.54) is 18.2 Å². The molecule has 1 amide bonds. The van der Waals surface area contributed by atoms with Crippen molar-refractivity contribution in [3.63, 3.8) is 0 Å². The molecule has 1 heterocycles. The Morgan fingerprint density at radius 2 is 1.94 bits per heavy atom. The Morgan fingerprint density at radius 3 is 2.68 bits per heavy atom. The molecule has 0 aliphatic rings. The van der Waals surface area contributed by atoms with Crippen LogP contribution >= 0.6 is 11.7 Å². The number of amides is 1. The van der Waals surface area contributed by atoms with Gasteiger partial charge in [-0.25, -0.2) is 0 Å². The molecular formula is C21H16N4O5S. The van der Waals surface area contributed by atoms with Gasteiger partial charge in [-0.2, -0.15) is 8.75 Å². The molecule has 0 saturated carbocycles. The number of rotatable bonds is 7. The molecule has 0 radical (unpaired) electrons. The Bertz CT molecular complexity index is 1260. The molecular weight excluding hydrogens is 420 g/mol. The van der Waals surface area contributed by atoms with E-state index >= 15 is 0 Å². The first kappa shape index (κ1) is 20.2. The lowest BCUT2D eigenvalue weighted by molar-refractivity contribution is -0.384. The quantitative estimate of drug-likeness (QED) is 0.339. The zero-order valence-electron chi connectivity index (χ0n) is 16.3. The highest BCUT2D eigenvalue weighted by Gasteiger charge is 2.16. The maximum Gasteiger partial charge on any atom is 0.270 e. The lowest BCUT2D eigenvalue weighted by atomic mass is 10.0. The highest BCUT2D eigenvalue weighted by molar-refractivity contribution is 7.00. The molecule has 0 bridgehead atoms. The first-order valence-electron chi connectivity index (χ1n) is 9.12. The van der Waals surface area contributed by atoms with E-state index in [0.717, 1.165) is 11.7 Å². The van der Waals surface area contributed by atoms with Crippen LogP contribution in [0.3, 0.4) is 0 Å². The lowest BCUT2D eigenvalue weighted by Crippen LogP contribution is -2.20. The van der Waals surface area contributed by atoms with Gasteiger partial charge < -0.3 is 14.8 Å². The SMILES string of the molecule is COc1ccc(-c2cc([N+](=O)[O-])ccc2OCC(=O)Nc2cccc3nsnc23)cc1. The number of ether oxygens (including phenoxy) is 2. The third-order valence-electron chi connectivity index (χ3n) is 4.49. The summed E-state index contributed by atoms with van der Waals surface area (Å²) in [6.07, 6.45) is 0. The van der Waals surface area contributed by atoms with Crippen LogP contribution < -0.4 is 14.8 Å². The number of fused-ring (bicyclic) bond motifs is 1. The maximum absolute atomic E-state index is 12.5. The van der Waals surface area contributed by atoms with E-state index in [0.29, 0.717) is 39.3 Å². The highest BCUT2D eigenvalue weighted by Crippen LogP contribution is 2.34. The highest BCUT2D eigenvalue weighted by atomic mass is 32.1. The summed E-state index contributed by atoms with van der Waals surface area (Å²) >= 11 is 1.06. The molecule has 0 aliphatic carbocycles. The summed E-state index contributed by atoms with van der Waals surface area (Å²) in [7, 11) is 1.55. The molecule has 1 aromatic heterocycles. The second-order valence-corrected chi connectivity index (χ2v) is 6.97. The van der Waals surface area contributed by atoms with Gasteiger partial charge in [0, 0.05) is 17.7 Å². The first-order valence-corrected chi connectivity index (χ1v) is 9.85. The van der Waals surface area contributed by atoms with Crippen molar-refractivity contribution in [2.24, 2.45) is 0 Å². The Balaban J connectivity index is 1.55. The van der Waals surface area contributed by atoms with Crippen molar-refractivity contribution in [3.8, 4) is 22.6 Å². The number of nitrogens with one attached hydrogen (secondary N) is 1. The topological polar surface area (TPSA) is 116 Å². The fourth-order valence-corrected chi connectivity index (χ4v) is 3.54. The Morgan fingerprint density at radius 1 is 1.13 bits per heavy atom. The number of anilines is 1. The van der Waals surface area contributed by atoms with Crippen molar-refractivity contribution >= 4 is 40.0 Å². The van der Waals surface area contributed by atoms with E-state index in [2.05, 4.69) is 14.1 Å². The van der Waals surface area contributed by atoms with E-state index in [9.17, 15) is 14.9 Å². The summed E-state index contributed by atoms with van der Waals surface area (Å²) in [5.74, 6) is 0.612. The molecule has 9 nitrogen and oxygen atoms in total. The predicted octanol–water partition coefficient (Wildman–Crippen LogP) is 4.29. The number of benzene rings is 3. The summed E-state index contributed by atoms with van der Waals surface area (Å²) in [4.78, 5) is 23.2. The second-order valence-electron chi connectivity index (χ2n) is 6.44. The number of non-ortho nitro benzene ring substituents is 1. The number of carbonyl (C=O) groups is 1. The van der Waals surface area contributed by atoms with Crippen molar-refractivity contribution in [3.05, 3.63) is 70.8 Å². The van der Waals surface area contributed by atoms with E-state index in [-0.39, 0.29) is 18.2 Å². The van der Waals surface area contributed by atoms with Crippen molar-refractivity contribution < 1.29 is 19.2 Å². The van der Waals surface area contributed by atoms with Gasteiger partial charge in [0.25, 0.3) is 11.6 Å². The molecule has 0 atom stereocenters. The summed E-state index contributed by atoms with van der Waals surface area (Å²) in [6.45, 7) is -0.283. The zero-order chi connectivity index (χ0) is 21.8. The summed E-state index contributed by atoms with van der Waals surface area (Å²) in [5, 5.41) is 14.0. The van der Waals surface area contributed by atoms with Gasteiger partial charge in [0.1, 0.15) is 22.5 Å². The van der Waals surface area contributed by atoms with Gasteiger partial charge in [-0.15, -0.1) is 0 Å². The molecule has 0 aliphatic heterocycles. The van der Waals surface area contributed by atoms with Crippen LogP contribution in [0.2, 0.25) is 0 Å². The van der Waals surface area contributed by atoms with Crippen LogP contribution in [0.1, 0.15) is 0 Å². The first-order chi connectivity index (χ1) is 15.0. The molecule has 1 N–H and O–H groups in total. The number of nitro groups is 1. The minimum absolute atomic E-state index is 0.0784. The molecule has 3 aromatic carbocycles. The van der Waals surface area contributed by atoms with Crippen LogP contribution in [0.15, 0.2) is 60.7 Å². The summed E-state index contributed by atoms with van der Waals surface area (Å²) < 4.78 is 19.2. The van der Waals surface area contributed by atoms with E-state index in [4.69, 9.17) is 9.47 Å². The predicted molar refractivity (Wildman–Crippen MR) is 117 cm³/mol. The molecule has 31 heavy (non-hydrogen) atoms. The molecule has 0 spiro atoms. The van der Waals surface area contributed by atoms with Gasteiger partial charge in [-0.3, -0.25) is 14.9 Å². The number of nitro benzene ring substituents is 1. The fourth-order valence-electron chi connectivity index (χ4n) is 2.99. The number of aromatic nitrogens is 2. The van der Waals surface area contributed by atoms with Gasteiger partial charge in [0.05, 0.1) is 29.4 Å². The average Bonchev–Trinajstić information content (AvgIpc) is 3.27. The minimum atomic E-state index is -0.480. The fraction of sp³-hybridized carbons (Fsp3) is 0.0952. The smallest absolute Gasteiger partial charge is 0.270 e. The van der Waals surface area contributed by atoms with Crippen LogP contribution in [0.5, 0.6) is 11.5 Å². The van der Waals surface area contributed by atoms with Crippen molar-refractivity contribution in [2.75, 3.05) is 19.0 Å². The Kier molecular flexibility index (Phi) is 5.72. The second kappa shape index (κ2) is 8.76. The van der Waals surface area contributed by atoms with E-state index in [1.807, 2.05) is 6.07 Å². The number of nitrogens with zero attached hydrogens (tertiary/aromatic N) is 3. The number of carbonyl (C=O) groups excluding carboxylic acids is 1. The molecule has 156 valence electrons. The average molecular weight is 436 g/mol. The molecule has 10 heteroatoms. The van der Waals surface area contributed by atoms with Crippen LogP contribution in [0.25, 0.3) is 22.2 Å². The minimum Gasteiger partial charge on any atom is -0.497 e. The summed E-state index contributed by atoms with van der Waals surface area (Å²) in [5.41, 5.74) is 2.95. The van der Waals surface area contributed by atoms with Crippen molar-refractivity contribution in [1.29, 1.82) is 0 Å². The van der Waals surface area contributed by atoms with Gasteiger partial charge in [0.15, 0.2) is 6.61 Å². The number of methoxy groups -OCH3 is 1. The van der Waals surface area contributed by atoms with Gasteiger partial charge in [-0.1, -0.05) is 18.2 Å². The Hall–Kier alpha value is -4.05. The summed E-state index contributed by atoms with van der Waals surface area (Å²) in [6, 6.07) is 16.6. The maximum atomic E-state index is 12.5. The molecule has 4 aromatic rings. The van der Waals surface area contributed by atoms with Crippen LogP contribution in [-0.4, -0.2) is 33.3 Å². The van der Waals surface area contributed by atoms with Crippen molar-refractivity contribution in [1.82, 2.24) is 8.75 Å². The number of hydrogen-bond acceptors (Lipinski definition) is 8. The molecule has 0 fully saturated rings. The van der Waals surface area contributed by atoms with Crippen molar-refractivity contribution in [2.45, 2.75) is 0 Å². The zero-order valence-corrected chi connectivity index (χ0v) is 17.1. The normalized spacial score (nSPS) is 10.6. The van der Waals surface area contributed by atoms with E-state index < -0.39 is 4.92 Å². The van der Waals surface area contributed by atoms with Crippen LogP contribution in [0.4, 0.5) is 11.4 Å². The van der Waals surface area contributed by atoms with Gasteiger partial charge in [0.2, 0.25) is 0 Å². The molecule has 0 saturated heterocycles. The Labute approximate surface area is 180 Å². The van der Waals surface area contributed by atoms with E-state index in [1.54, 1.807) is 43.5 Å². The third kappa shape index (κ3) is 4.43. The largest absolute Gasteiger partial charge is 0.497 e. The monoisotopic (exact) mass is 436 g/mol.